The summed E-state index contributed by atoms with van der Waals surface area (Å²) in [6.45, 7) is 0.416. The van der Waals surface area contributed by atoms with E-state index in [4.69, 9.17) is 5.26 Å². The minimum Gasteiger partial charge on any atom is -0.477 e. The van der Waals surface area contributed by atoms with E-state index >= 15 is 0 Å². The maximum atomic E-state index is 11.7. The van der Waals surface area contributed by atoms with Crippen LogP contribution in [0.15, 0.2) is 67.3 Å². The molecule has 0 radical (unpaired) electrons. The van der Waals surface area contributed by atoms with Gasteiger partial charge in [0.2, 0.25) is 0 Å². The van der Waals surface area contributed by atoms with Gasteiger partial charge in [0.1, 0.15) is 5.69 Å². The molecule has 6 nitrogen and oxygen atoms in total. The lowest BCUT2D eigenvalue weighted by atomic mass is 10.1. The highest BCUT2D eigenvalue weighted by Crippen LogP contribution is 2.23. The molecule has 0 fully saturated rings. The van der Waals surface area contributed by atoms with Gasteiger partial charge in [-0.2, -0.15) is 5.26 Å². The summed E-state index contributed by atoms with van der Waals surface area (Å²) >= 11 is 0. The van der Waals surface area contributed by atoms with E-state index in [1.807, 2.05) is 35.0 Å². The molecule has 2 aromatic carbocycles. The van der Waals surface area contributed by atoms with Gasteiger partial charge in [0, 0.05) is 35.5 Å². The third-order valence-electron chi connectivity index (χ3n) is 4.30. The van der Waals surface area contributed by atoms with Gasteiger partial charge in [0.15, 0.2) is 0 Å². The molecule has 4 aromatic rings. The molecule has 1 N–H and O–H groups in total. The van der Waals surface area contributed by atoms with Crippen molar-refractivity contribution in [3.05, 3.63) is 84.1 Å². The predicted molar refractivity (Wildman–Crippen MR) is 96.3 cm³/mol. The maximum Gasteiger partial charge on any atom is 0.352 e. The van der Waals surface area contributed by atoms with Crippen LogP contribution in [0.1, 0.15) is 21.6 Å². The third kappa shape index (κ3) is 2.72. The fraction of sp³-hybridized carbons (Fsp3) is 0.0500. The number of carboxylic acids is 1. The Morgan fingerprint density at radius 2 is 2.08 bits per heavy atom. The van der Waals surface area contributed by atoms with Crippen LogP contribution in [0.2, 0.25) is 0 Å². The molecule has 0 amide bonds. The van der Waals surface area contributed by atoms with Gasteiger partial charge < -0.3 is 14.2 Å². The lowest BCUT2D eigenvalue weighted by Crippen LogP contribution is -2.09. The summed E-state index contributed by atoms with van der Waals surface area (Å²) < 4.78 is 3.65. The minimum absolute atomic E-state index is 0.197. The molecule has 0 aliphatic heterocycles. The normalized spacial score (nSPS) is 10.7. The number of fused-ring (bicyclic) bond motifs is 1. The van der Waals surface area contributed by atoms with Crippen LogP contribution in [-0.2, 0) is 6.54 Å². The molecule has 0 saturated heterocycles. The molecule has 2 aromatic heterocycles. The van der Waals surface area contributed by atoms with Crippen molar-refractivity contribution in [2.24, 2.45) is 0 Å². The van der Waals surface area contributed by atoms with Gasteiger partial charge in [-0.1, -0.05) is 12.1 Å². The number of imidazole rings is 1. The molecule has 0 saturated carbocycles. The van der Waals surface area contributed by atoms with Gasteiger partial charge in [0.05, 0.1) is 18.0 Å². The summed E-state index contributed by atoms with van der Waals surface area (Å²) in [6, 6.07) is 16.8. The summed E-state index contributed by atoms with van der Waals surface area (Å²) in [5.74, 6) is -0.995. The van der Waals surface area contributed by atoms with Crippen molar-refractivity contribution < 1.29 is 9.90 Å². The second-order valence-corrected chi connectivity index (χ2v) is 5.95. The molecule has 4 rings (SSSR count). The quantitative estimate of drug-likeness (QED) is 0.616. The Hall–Kier alpha value is -3.85. The zero-order valence-electron chi connectivity index (χ0n) is 13.7. The molecule has 126 valence electrons. The zero-order valence-corrected chi connectivity index (χ0v) is 13.7. The van der Waals surface area contributed by atoms with E-state index < -0.39 is 5.97 Å². The number of aromatic carboxylic acids is 1. The predicted octanol–water partition coefficient (Wildman–Crippen LogP) is 3.45. The van der Waals surface area contributed by atoms with E-state index in [-0.39, 0.29) is 5.69 Å². The SMILES string of the molecule is N#Cc1ccc2c(c1)cc(C(=O)O)n2Cc1cccc(-n2ccnc2)c1. The summed E-state index contributed by atoms with van der Waals surface area (Å²) in [5, 5.41) is 19.4. The lowest BCUT2D eigenvalue weighted by molar-refractivity contribution is 0.0686. The van der Waals surface area contributed by atoms with Crippen LogP contribution < -0.4 is 0 Å². The number of benzene rings is 2. The van der Waals surface area contributed by atoms with E-state index in [9.17, 15) is 9.90 Å². The van der Waals surface area contributed by atoms with Gasteiger partial charge in [-0.25, -0.2) is 9.78 Å². The standard InChI is InChI=1S/C20H14N4O2/c21-11-14-4-5-18-16(8-14)10-19(20(25)26)24(18)12-15-2-1-3-17(9-15)23-7-6-22-13-23/h1-10,13H,12H2,(H,25,26). The third-order valence-corrected chi connectivity index (χ3v) is 4.30. The topological polar surface area (TPSA) is 83.8 Å². The highest BCUT2D eigenvalue weighted by Gasteiger charge is 2.15. The van der Waals surface area contributed by atoms with Crippen LogP contribution in [-0.4, -0.2) is 25.2 Å². The number of hydrogen-bond donors (Lipinski definition) is 1. The average molecular weight is 342 g/mol. The molecular formula is C20H14N4O2. The molecule has 6 heteroatoms. The zero-order chi connectivity index (χ0) is 18.1. The second kappa shape index (κ2) is 6.22. The second-order valence-electron chi connectivity index (χ2n) is 5.95. The molecule has 0 aliphatic carbocycles. The van der Waals surface area contributed by atoms with E-state index in [2.05, 4.69) is 11.1 Å². The van der Waals surface area contributed by atoms with Crippen molar-refractivity contribution >= 4 is 16.9 Å². The molecule has 0 unspecified atom stereocenters. The minimum atomic E-state index is -0.995. The van der Waals surface area contributed by atoms with Crippen molar-refractivity contribution in [3.63, 3.8) is 0 Å². The Labute approximate surface area is 149 Å². The molecule has 0 aliphatic rings. The summed E-state index contributed by atoms with van der Waals surface area (Å²) in [7, 11) is 0. The van der Waals surface area contributed by atoms with Crippen LogP contribution in [0, 0.1) is 11.3 Å². The van der Waals surface area contributed by atoms with Crippen LogP contribution >= 0.6 is 0 Å². The molecule has 0 bridgehead atoms. The first-order valence-corrected chi connectivity index (χ1v) is 7.99. The van der Waals surface area contributed by atoms with E-state index in [1.54, 1.807) is 41.4 Å². The molecule has 26 heavy (non-hydrogen) atoms. The van der Waals surface area contributed by atoms with Crippen molar-refractivity contribution in [1.82, 2.24) is 14.1 Å². The van der Waals surface area contributed by atoms with E-state index in [1.165, 1.54) is 0 Å². The summed E-state index contributed by atoms with van der Waals surface area (Å²) in [4.78, 5) is 15.7. The fourth-order valence-corrected chi connectivity index (χ4v) is 3.10. The Morgan fingerprint density at radius 1 is 1.19 bits per heavy atom. The van der Waals surface area contributed by atoms with Crippen molar-refractivity contribution in [1.29, 1.82) is 5.26 Å². The van der Waals surface area contributed by atoms with Crippen molar-refractivity contribution in [2.75, 3.05) is 0 Å². The van der Waals surface area contributed by atoms with Crippen LogP contribution in [0.5, 0.6) is 0 Å². The Morgan fingerprint density at radius 3 is 2.81 bits per heavy atom. The number of nitriles is 1. The molecule has 2 heterocycles. The Kier molecular flexibility index (Phi) is 3.75. The maximum absolute atomic E-state index is 11.7. The highest BCUT2D eigenvalue weighted by atomic mass is 16.4. The number of rotatable bonds is 4. The van der Waals surface area contributed by atoms with Gasteiger partial charge in [-0.3, -0.25) is 0 Å². The first-order valence-electron chi connectivity index (χ1n) is 7.99. The first-order chi connectivity index (χ1) is 12.7. The Balaban J connectivity index is 1.80. The number of hydrogen-bond acceptors (Lipinski definition) is 3. The van der Waals surface area contributed by atoms with E-state index in [0.29, 0.717) is 12.1 Å². The average Bonchev–Trinajstić information content (AvgIpc) is 3.30. The van der Waals surface area contributed by atoms with Crippen molar-refractivity contribution in [3.8, 4) is 11.8 Å². The largest absolute Gasteiger partial charge is 0.477 e. The first kappa shape index (κ1) is 15.7. The van der Waals surface area contributed by atoms with Crippen LogP contribution in [0.3, 0.4) is 0 Å². The van der Waals surface area contributed by atoms with Crippen LogP contribution in [0.4, 0.5) is 0 Å². The fourth-order valence-electron chi connectivity index (χ4n) is 3.10. The molecule has 0 spiro atoms. The lowest BCUT2D eigenvalue weighted by Gasteiger charge is -2.10. The highest BCUT2D eigenvalue weighted by molar-refractivity contribution is 5.95. The smallest absolute Gasteiger partial charge is 0.352 e. The number of aromatic nitrogens is 3. The summed E-state index contributed by atoms with van der Waals surface area (Å²) in [5.41, 5.74) is 3.42. The monoisotopic (exact) mass is 342 g/mol. The number of carbonyl (C=O) groups is 1. The molecular weight excluding hydrogens is 328 g/mol. The Bertz CT molecular complexity index is 1150. The van der Waals surface area contributed by atoms with Gasteiger partial charge in [-0.05, 0) is 42.0 Å². The molecule has 0 atom stereocenters. The van der Waals surface area contributed by atoms with Gasteiger partial charge >= 0.3 is 5.97 Å². The number of carboxylic acid groups (broad SMARTS) is 1. The van der Waals surface area contributed by atoms with Crippen molar-refractivity contribution in [2.45, 2.75) is 6.54 Å². The van der Waals surface area contributed by atoms with E-state index in [0.717, 1.165) is 22.2 Å². The number of nitrogens with zero attached hydrogens (tertiary/aromatic N) is 4. The summed E-state index contributed by atoms with van der Waals surface area (Å²) in [6.07, 6.45) is 5.29. The van der Waals surface area contributed by atoms with Gasteiger partial charge in [-0.15, -0.1) is 0 Å². The van der Waals surface area contributed by atoms with Gasteiger partial charge in [0.25, 0.3) is 0 Å². The van der Waals surface area contributed by atoms with Crippen LogP contribution in [0.25, 0.3) is 16.6 Å².